The van der Waals surface area contributed by atoms with E-state index in [2.05, 4.69) is 37.9 Å². The van der Waals surface area contributed by atoms with E-state index in [0.717, 1.165) is 6.54 Å². The van der Waals surface area contributed by atoms with E-state index in [0.29, 0.717) is 12.1 Å². The molecule has 74 valence electrons. The lowest BCUT2D eigenvalue weighted by Gasteiger charge is -2.28. The van der Waals surface area contributed by atoms with Crippen LogP contribution >= 0.6 is 0 Å². The molecule has 1 unspecified atom stereocenters. The van der Waals surface area contributed by atoms with E-state index in [-0.39, 0.29) is 0 Å². The maximum Gasteiger partial charge on any atom is 0.0189 e. The molecule has 0 rings (SSSR count). The second kappa shape index (κ2) is 6.44. The average Bonchev–Trinajstić information content (AvgIpc) is 2.06. The van der Waals surface area contributed by atoms with Gasteiger partial charge in [-0.25, -0.2) is 0 Å². The molecule has 0 aliphatic carbocycles. The highest BCUT2D eigenvalue weighted by molar-refractivity contribution is 4.70. The molecule has 0 heterocycles. The molecule has 0 fully saturated rings. The second-order valence-electron chi connectivity index (χ2n) is 3.58. The lowest BCUT2D eigenvalue weighted by Crippen LogP contribution is -2.42. The van der Waals surface area contributed by atoms with E-state index in [4.69, 9.17) is 0 Å². The topological polar surface area (TPSA) is 15.3 Å². The Balaban J connectivity index is 3.82. The minimum Gasteiger partial charge on any atom is -0.316 e. The van der Waals surface area contributed by atoms with E-state index >= 15 is 0 Å². The summed E-state index contributed by atoms with van der Waals surface area (Å²) in [5, 5.41) is 3.33. The Bertz CT molecular complexity index is 98.0. The van der Waals surface area contributed by atoms with Gasteiger partial charge in [0.15, 0.2) is 0 Å². The quantitative estimate of drug-likeness (QED) is 0.656. The van der Waals surface area contributed by atoms with Gasteiger partial charge < -0.3 is 5.32 Å². The van der Waals surface area contributed by atoms with Gasteiger partial charge in [-0.1, -0.05) is 13.8 Å². The summed E-state index contributed by atoms with van der Waals surface area (Å²) in [5.74, 6) is 0. The molecule has 1 atom stereocenters. The van der Waals surface area contributed by atoms with E-state index in [9.17, 15) is 0 Å². The molecular formula is C10H24N2. The highest BCUT2D eigenvalue weighted by atomic mass is 15.2. The Morgan fingerprint density at radius 2 is 1.83 bits per heavy atom. The van der Waals surface area contributed by atoms with Crippen molar-refractivity contribution < 1.29 is 0 Å². The van der Waals surface area contributed by atoms with Crippen LogP contribution in [0.25, 0.3) is 0 Å². The molecule has 0 aromatic carbocycles. The van der Waals surface area contributed by atoms with Gasteiger partial charge in [0.2, 0.25) is 0 Å². The zero-order valence-corrected chi connectivity index (χ0v) is 9.22. The molecule has 2 heteroatoms. The standard InChI is InChI=1S/C10H24N2/c1-6-10(11-5)8-12(7-2)9(3)4/h9-11H,6-8H2,1-5H3. The van der Waals surface area contributed by atoms with Crippen LogP contribution in [0, 0.1) is 0 Å². The third-order valence-corrected chi connectivity index (χ3v) is 2.49. The lowest BCUT2D eigenvalue weighted by atomic mass is 10.2. The van der Waals surface area contributed by atoms with Crippen molar-refractivity contribution in [3.63, 3.8) is 0 Å². The lowest BCUT2D eigenvalue weighted by molar-refractivity contribution is 0.208. The van der Waals surface area contributed by atoms with Crippen molar-refractivity contribution in [2.75, 3.05) is 20.1 Å². The van der Waals surface area contributed by atoms with Crippen LogP contribution in [0.15, 0.2) is 0 Å². The molecule has 0 aromatic rings. The first-order chi connectivity index (χ1) is 5.65. The SMILES string of the molecule is CCC(CN(CC)C(C)C)NC. The largest absolute Gasteiger partial charge is 0.316 e. The fourth-order valence-corrected chi connectivity index (χ4v) is 1.41. The van der Waals surface area contributed by atoms with Crippen LogP contribution < -0.4 is 5.32 Å². The van der Waals surface area contributed by atoms with E-state index < -0.39 is 0 Å². The second-order valence-corrected chi connectivity index (χ2v) is 3.58. The first-order valence-electron chi connectivity index (χ1n) is 5.06. The third-order valence-electron chi connectivity index (χ3n) is 2.49. The van der Waals surface area contributed by atoms with Crippen LogP contribution in [0.3, 0.4) is 0 Å². The van der Waals surface area contributed by atoms with E-state index in [1.54, 1.807) is 0 Å². The summed E-state index contributed by atoms with van der Waals surface area (Å²) in [6.45, 7) is 11.3. The van der Waals surface area contributed by atoms with Crippen LogP contribution in [0.5, 0.6) is 0 Å². The summed E-state index contributed by atoms with van der Waals surface area (Å²) in [5.41, 5.74) is 0. The number of nitrogens with one attached hydrogen (secondary N) is 1. The molecule has 0 bridgehead atoms. The summed E-state index contributed by atoms with van der Waals surface area (Å²) in [6.07, 6.45) is 1.21. The number of rotatable bonds is 6. The Hall–Kier alpha value is -0.0800. The molecule has 0 spiro atoms. The molecule has 0 saturated heterocycles. The number of nitrogens with zero attached hydrogens (tertiary/aromatic N) is 1. The number of hydrogen-bond acceptors (Lipinski definition) is 2. The number of likely N-dealkylation sites (N-methyl/N-ethyl adjacent to an activating group) is 2. The first kappa shape index (κ1) is 11.9. The van der Waals surface area contributed by atoms with Crippen LogP contribution in [-0.2, 0) is 0 Å². The van der Waals surface area contributed by atoms with Gasteiger partial charge in [0.25, 0.3) is 0 Å². The van der Waals surface area contributed by atoms with Crippen LogP contribution in [0.4, 0.5) is 0 Å². The molecule has 2 nitrogen and oxygen atoms in total. The Morgan fingerprint density at radius 1 is 1.25 bits per heavy atom. The van der Waals surface area contributed by atoms with Gasteiger partial charge in [-0.15, -0.1) is 0 Å². The van der Waals surface area contributed by atoms with Crippen molar-refractivity contribution in [1.29, 1.82) is 0 Å². The first-order valence-corrected chi connectivity index (χ1v) is 5.06. The molecule has 1 N–H and O–H groups in total. The zero-order valence-electron chi connectivity index (χ0n) is 9.22. The Labute approximate surface area is 77.3 Å². The molecule has 0 amide bonds. The van der Waals surface area contributed by atoms with Crippen LogP contribution in [0.2, 0.25) is 0 Å². The molecule has 0 aromatic heterocycles. The smallest absolute Gasteiger partial charge is 0.0189 e. The minimum absolute atomic E-state index is 0.646. The van der Waals surface area contributed by atoms with Gasteiger partial charge in [0, 0.05) is 18.6 Å². The highest BCUT2D eigenvalue weighted by Crippen LogP contribution is 2.01. The van der Waals surface area contributed by atoms with Gasteiger partial charge >= 0.3 is 0 Å². The van der Waals surface area contributed by atoms with E-state index in [1.165, 1.54) is 13.0 Å². The van der Waals surface area contributed by atoms with Crippen LogP contribution in [0.1, 0.15) is 34.1 Å². The number of hydrogen-bond donors (Lipinski definition) is 1. The maximum absolute atomic E-state index is 3.33. The van der Waals surface area contributed by atoms with Crippen molar-refractivity contribution in [2.24, 2.45) is 0 Å². The summed E-state index contributed by atoms with van der Waals surface area (Å²) in [7, 11) is 2.04. The van der Waals surface area contributed by atoms with Crippen molar-refractivity contribution in [2.45, 2.75) is 46.2 Å². The normalized spacial score (nSPS) is 14.2. The maximum atomic E-state index is 3.33. The van der Waals surface area contributed by atoms with Gasteiger partial charge in [-0.2, -0.15) is 0 Å². The van der Waals surface area contributed by atoms with Gasteiger partial charge in [0.1, 0.15) is 0 Å². The molecule has 0 saturated carbocycles. The van der Waals surface area contributed by atoms with Gasteiger partial charge in [0.05, 0.1) is 0 Å². The van der Waals surface area contributed by atoms with Crippen molar-refractivity contribution >= 4 is 0 Å². The van der Waals surface area contributed by atoms with Crippen molar-refractivity contribution in [1.82, 2.24) is 10.2 Å². The summed E-state index contributed by atoms with van der Waals surface area (Å²) >= 11 is 0. The van der Waals surface area contributed by atoms with Crippen LogP contribution in [-0.4, -0.2) is 37.1 Å². The van der Waals surface area contributed by atoms with Gasteiger partial charge in [-0.3, -0.25) is 4.90 Å². The minimum atomic E-state index is 0.646. The monoisotopic (exact) mass is 172 g/mol. The molecular weight excluding hydrogens is 148 g/mol. The molecule has 0 radical (unpaired) electrons. The highest BCUT2D eigenvalue weighted by Gasteiger charge is 2.11. The fraction of sp³-hybridized carbons (Fsp3) is 1.00. The van der Waals surface area contributed by atoms with Gasteiger partial charge in [-0.05, 0) is 33.9 Å². The fourth-order valence-electron chi connectivity index (χ4n) is 1.41. The summed E-state index contributed by atoms with van der Waals surface area (Å²) in [6, 6.07) is 1.31. The Kier molecular flexibility index (Phi) is 6.39. The summed E-state index contributed by atoms with van der Waals surface area (Å²) < 4.78 is 0. The van der Waals surface area contributed by atoms with Crippen molar-refractivity contribution in [3.05, 3.63) is 0 Å². The predicted molar refractivity (Wildman–Crippen MR) is 55.5 cm³/mol. The predicted octanol–water partition coefficient (Wildman–Crippen LogP) is 1.71. The molecule has 0 aliphatic rings. The van der Waals surface area contributed by atoms with Crippen molar-refractivity contribution in [3.8, 4) is 0 Å². The Morgan fingerprint density at radius 3 is 2.08 bits per heavy atom. The zero-order chi connectivity index (χ0) is 9.56. The molecule has 12 heavy (non-hydrogen) atoms. The summed E-state index contributed by atoms with van der Waals surface area (Å²) in [4.78, 5) is 2.49. The van der Waals surface area contributed by atoms with E-state index in [1.807, 2.05) is 7.05 Å². The third kappa shape index (κ3) is 4.07. The average molecular weight is 172 g/mol. The molecule has 0 aliphatic heterocycles.